The number of esters is 2. The Hall–Kier alpha value is -3.16. The first-order chi connectivity index (χ1) is 16.2. The van der Waals surface area contributed by atoms with E-state index in [1.54, 1.807) is 32.0 Å². The van der Waals surface area contributed by atoms with Gasteiger partial charge in [0.2, 0.25) is 11.8 Å². The van der Waals surface area contributed by atoms with Crippen molar-refractivity contribution in [2.24, 2.45) is 5.73 Å². The van der Waals surface area contributed by atoms with Crippen LogP contribution in [-0.2, 0) is 28.7 Å². The van der Waals surface area contributed by atoms with Gasteiger partial charge >= 0.3 is 17.2 Å². The molecule has 0 bridgehead atoms. The largest absolute Gasteiger partial charge is 0.465 e. The van der Waals surface area contributed by atoms with Crippen LogP contribution in [0.1, 0.15) is 26.7 Å². The van der Waals surface area contributed by atoms with E-state index in [0.29, 0.717) is 16.8 Å². The standard InChI is InChI=1S/C21H30N4O8S/c1-3-32-18(27)12-23-19(28)16(24-17(26)11-10-15(22)20(29)33-4-2)13-34-21(30)25(31)14-8-6-5-7-9-14/h5-9,15-16,31H,3-4,10-13,22H2,1-2H3,(H,23,28)(H,24,26)/t15?,16-/m0/s1. The summed E-state index contributed by atoms with van der Waals surface area (Å²) in [7, 11) is 0. The second-order valence-corrected chi connectivity index (χ2v) is 7.74. The minimum atomic E-state index is -1.22. The summed E-state index contributed by atoms with van der Waals surface area (Å²) in [5.74, 6) is -2.90. The average molecular weight is 499 g/mol. The number of carbonyl (C=O) groups is 5. The first-order valence-corrected chi connectivity index (χ1v) is 11.5. The number of carbonyl (C=O) groups excluding carboxylic acids is 5. The second kappa shape index (κ2) is 15.6. The number of rotatable bonds is 13. The Morgan fingerprint density at radius 2 is 1.74 bits per heavy atom. The summed E-state index contributed by atoms with van der Waals surface area (Å²) >= 11 is 0.585. The highest BCUT2D eigenvalue weighted by atomic mass is 32.2. The molecule has 0 radical (unpaired) electrons. The van der Waals surface area contributed by atoms with Crippen molar-refractivity contribution in [1.82, 2.24) is 10.6 Å². The van der Waals surface area contributed by atoms with E-state index in [-0.39, 0.29) is 37.5 Å². The van der Waals surface area contributed by atoms with Gasteiger partial charge in [0.05, 0.1) is 18.9 Å². The highest BCUT2D eigenvalue weighted by Crippen LogP contribution is 2.17. The smallest absolute Gasteiger partial charge is 0.325 e. The van der Waals surface area contributed by atoms with Gasteiger partial charge in [-0.3, -0.25) is 29.2 Å². The molecule has 1 unspecified atom stereocenters. The second-order valence-electron chi connectivity index (χ2n) is 6.76. The van der Waals surface area contributed by atoms with Gasteiger partial charge in [-0.15, -0.1) is 0 Å². The number of anilines is 1. The van der Waals surface area contributed by atoms with Gasteiger partial charge in [-0.2, -0.15) is 5.06 Å². The minimum absolute atomic E-state index is 0.0215. The Labute approximate surface area is 201 Å². The Morgan fingerprint density at radius 3 is 2.35 bits per heavy atom. The lowest BCUT2D eigenvalue weighted by Gasteiger charge is -2.20. The van der Waals surface area contributed by atoms with Crippen LogP contribution in [0.5, 0.6) is 0 Å². The van der Waals surface area contributed by atoms with Crippen LogP contribution in [0.25, 0.3) is 0 Å². The van der Waals surface area contributed by atoms with E-state index < -0.39 is 47.6 Å². The molecule has 0 aliphatic heterocycles. The van der Waals surface area contributed by atoms with Crippen molar-refractivity contribution >= 4 is 46.4 Å². The molecule has 1 aromatic carbocycles. The first kappa shape index (κ1) is 28.9. The summed E-state index contributed by atoms with van der Waals surface area (Å²) in [6.07, 6.45) is -0.206. The normalized spacial score (nSPS) is 12.1. The number of nitrogens with one attached hydrogen (secondary N) is 2. The zero-order valence-corrected chi connectivity index (χ0v) is 19.8. The highest BCUT2D eigenvalue weighted by molar-refractivity contribution is 8.13. The lowest BCUT2D eigenvalue weighted by Crippen LogP contribution is -2.50. The molecular weight excluding hydrogens is 468 g/mol. The van der Waals surface area contributed by atoms with Crippen molar-refractivity contribution in [3.05, 3.63) is 30.3 Å². The molecule has 12 nitrogen and oxygen atoms in total. The molecule has 2 atom stereocenters. The van der Waals surface area contributed by atoms with E-state index >= 15 is 0 Å². The Bertz CT molecular complexity index is 839. The zero-order valence-electron chi connectivity index (χ0n) is 19.0. The molecule has 34 heavy (non-hydrogen) atoms. The van der Waals surface area contributed by atoms with Gasteiger partial charge in [0.25, 0.3) is 0 Å². The van der Waals surface area contributed by atoms with Gasteiger partial charge in [0, 0.05) is 12.2 Å². The molecule has 0 saturated heterocycles. The van der Waals surface area contributed by atoms with Crippen LogP contribution in [-0.4, -0.2) is 71.8 Å². The molecule has 0 heterocycles. The van der Waals surface area contributed by atoms with Crippen LogP contribution in [0.15, 0.2) is 30.3 Å². The molecule has 188 valence electrons. The number of hydrogen-bond donors (Lipinski definition) is 4. The molecule has 0 aromatic heterocycles. The van der Waals surface area contributed by atoms with Gasteiger partial charge in [-0.05, 0) is 32.4 Å². The Balaban J connectivity index is 2.74. The molecule has 5 N–H and O–H groups in total. The third kappa shape index (κ3) is 10.6. The molecule has 0 aliphatic rings. The summed E-state index contributed by atoms with van der Waals surface area (Å²) < 4.78 is 9.52. The van der Waals surface area contributed by atoms with Crippen molar-refractivity contribution in [2.45, 2.75) is 38.8 Å². The molecule has 0 fully saturated rings. The fourth-order valence-corrected chi connectivity index (χ4v) is 3.26. The van der Waals surface area contributed by atoms with E-state index in [2.05, 4.69) is 10.6 Å². The molecule has 1 aromatic rings. The predicted octanol–water partition coefficient (Wildman–Crippen LogP) is 0.570. The van der Waals surface area contributed by atoms with E-state index in [1.807, 2.05) is 0 Å². The Kier molecular flexibility index (Phi) is 13.3. The number of ether oxygens (including phenoxy) is 2. The summed E-state index contributed by atoms with van der Waals surface area (Å²) in [5.41, 5.74) is 5.89. The number of nitrogens with zero attached hydrogens (tertiary/aromatic N) is 1. The van der Waals surface area contributed by atoms with Crippen molar-refractivity contribution in [3.8, 4) is 0 Å². The summed E-state index contributed by atoms with van der Waals surface area (Å²) in [6, 6.07) is 5.76. The number of nitrogens with two attached hydrogens (primary N) is 1. The van der Waals surface area contributed by atoms with Gasteiger partial charge in [-0.1, -0.05) is 30.0 Å². The molecular formula is C21H30N4O8S. The molecule has 0 aliphatic carbocycles. The highest BCUT2D eigenvalue weighted by Gasteiger charge is 2.25. The number of benzene rings is 1. The molecule has 1 rings (SSSR count). The number of amides is 3. The quantitative estimate of drug-likeness (QED) is 0.171. The minimum Gasteiger partial charge on any atom is -0.465 e. The van der Waals surface area contributed by atoms with Crippen molar-refractivity contribution < 1.29 is 38.7 Å². The number of hydrogen-bond acceptors (Lipinski definition) is 10. The summed E-state index contributed by atoms with van der Waals surface area (Å²) in [6.45, 7) is 3.09. The Morgan fingerprint density at radius 1 is 1.09 bits per heavy atom. The maximum absolute atomic E-state index is 12.5. The van der Waals surface area contributed by atoms with Crippen LogP contribution >= 0.6 is 11.8 Å². The molecule has 3 amide bonds. The van der Waals surface area contributed by atoms with Crippen LogP contribution in [0.3, 0.4) is 0 Å². The van der Waals surface area contributed by atoms with Crippen LogP contribution in [0.2, 0.25) is 0 Å². The molecule has 13 heteroatoms. The molecule has 0 spiro atoms. The number of thioether (sulfide) groups is 1. The van der Waals surface area contributed by atoms with Gasteiger partial charge in [0.1, 0.15) is 18.6 Å². The van der Waals surface area contributed by atoms with Crippen LogP contribution in [0.4, 0.5) is 10.5 Å². The zero-order chi connectivity index (χ0) is 25.5. The fraction of sp³-hybridized carbons (Fsp3) is 0.476. The maximum atomic E-state index is 12.5. The van der Waals surface area contributed by atoms with Gasteiger partial charge in [-0.25, -0.2) is 0 Å². The van der Waals surface area contributed by atoms with Crippen molar-refractivity contribution in [1.29, 1.82) is 0 Å². The van der Waals surface area contributed by atoms with Gasteiger partial charge in [0.15, 0.2) is 0 Å². The summed E-state index contributed by atoms with van der Waals surface area (Å²) in [4.78, 5) is 60.3. The monoisotopic (exact) mass is 498 g/mol. The van der Waals surface area contributed by atoms with Gasteiger partial charge < -0.3 is 25.8 Å². The van der Waals surface area contributed by atoms with E-state index in [4.69, 9.17) is 15.2 Å². The number of hydroxylamine groups is 1. The van der Waals surface area contributed by atoms with Crippen LogP contribution in [0, 0.1) is 0 Å². The third-order valence-corrected chi connectivity index (χ3v) is 5.10. The van der Waals surface area contributed by atoms with Crippen molar-refractivity contribution in [3.63, 3.8) is 0 Å². The molecule has 0 saturated carbocycles. The van der Waals surface area contributed by atoms with E-state index in [1.165, 1.54) is 12.1 Å². The summed E-state index contributed by atoms with van der Waals surface area (Å²) in [5, 5.41) is 14.5. The van der Waals surface area contributed by atoms with Crippen LogP contribution < -0.4 is 21.4 Å². The average Bonchev–Trinajstić information content (AvgIpc) is 2.83. The number of para-hydroxylation sites is 1. The van der Waals surface area contributed by atoms with E-state index in [9.17, 15) is 29.2 Å². The first-order valence-electron chi connectivity index (χ1n) is 10.5. The predicted molar refractivity (Wildman–Crippen MR) is 124 cm³/mol. The topological polar surface area (TPSA) is 177 Å². The third-order valence-electron chi connectivity index (χ3n) is 4.18. The SMILES string of the molecule is CCOC(=O)CNC(=O)[C@H](CSC(=O)N(O)c1ccccc1)NC(=O)CCC(N)C(=O)OCC. The lowest BCUT2D eigenvalue weighted by molar-refractivity contribution is -0.145. The van der Waals surface area contributed by atoms with Crippen molar-refractivity contribution in [2.75, 3.05) is 30.6 Å². The lowest BCUT2D eigenvalue weighted by atomic mass is 10.1. The fourth-order valence-electron chi connectivity index (χ4n) is 2.49. The van der Waals surface area contributed by atoms with E-state index in [0.717, 1.165) is 0 Å². The maximum Gasteiger partial charge on any atom is 0.325 e.